The van der Waals surface area contributed by atoms with E-state index in [1.54, 1.807) is 0 Å². The molecule has 0 aromatic heterocycles. The molecule has 0 nitrogen and oxygen atoms in total. The Kier molecular flexibility index (Phi) is 3.42. The minimum atomic E-state index is 0.908. The van der Waals surface area contributed by atoms with E-state index >= 15 is 0 Å². The lowest BCUT2D eigenvalue weighted by Crippen LogP contribution is -2.22. The Morgan fingerprint density at radius 2 is 2.00 bits per heavy atom. The predicted octanol–water partition coefficient (Wildman–Crippen LogP) is 3.86. The Hall–Kier alpha value is 0. The molecule has 1 saturated carbocycles. The molecule has 0 saturated heterocycles. The van der Waals surface area contributed by atoms with Gasteiger partial charge in [-0.3, -0.25) is 0 Å². The first-order valence-electron chi connectivity index (χ1n) is 5.20. The molecule has 1 aliphatic carbocycles. The Morgan fingerprint density at radius 3 is 2.36 bits per heavy atom. The minimum absolute atomic E-state index is 0.908. The van der Waals surface area contributed by atoms with Gasteiger partial charge < -0.3 is 0 Å². The Bertz CT molecular complexity index is 105. The molecule has 1 rings (SSSR count). The summed E-state index contributed by atoms with van der Waals surface area (Å²) in [7, 11) is 0. The van der Waals surface area contributed by atoms with Crippen LogP contribution < -0.4 is 0 Å². The summed E-state index contributed by atoms with van der Waals surface area (Å²) in [6.07, 6.45) is 7.40. The molecule has 0 heterocycles. The van der Waals surface area contributed by atoms with Crippen LogP contribution in [0.3, 0.4) is 0 Å². The fraction of sp³-hybridized carbons (Fsp3) is 1.00. The second kappa shape index (κ2) is 4.13. The van der Waals surface area contributed by atoms with Crippen molar-refractivity contribution in [2.45, 2.75) is 52.9 Å². The maximum absolute atomic E-state index is 2.41. The molecule has 0 aromatic rings. The second-order valence-electron chi connectivity index (χ2n) is 4.64. The summed E-state index contributed by atoms with van der Waals surface area (Å²) in [5, 5.41) is 0. The molecule has 1 aliphatic rings. The van der Waals surface area contributed by atoms with Crippen molar-refractivity contribution in [1.82, 2.24) is 0 Å². The lowest BCUT2D eigenvalue weighted by Gasteiger charge is -2.34. The maximum atomic E-state index is 2.41. The molecule has 11 heavy (non-hydrogen) atoms. The van der Waals surface area contributed by atoms with Crippen molar-refractivity contribution in [2.24, 2.45) is 17.8 Å². The molecular weight excluding hydrogens is 132 g/mol. The summed E-state index contributed by atoms with van der Waals surface area (Å²) in [6, 6.07) is 0. The van der Waals surface area contributed by atoms with Gasteiger partial charge in [-0.05, 0) is 24.2 Å². The van der Waals surface area contributed by atoms with Crippen LogP contribution in [-0.4, -0.2) is 0 Å². The molecule has 0 aliphatic heterocycles. The van der Waals surface area contributed by atoms with Gasteiger partial charge in [-0.25, -0.2) is 0 Å². The molecule has 2 unspecified atom stereocenters. The molecule has 0 amide bonds. The zero-order chi connectivity index (χ0) is 8.27. The summed E-state index contributed by atoms with van der Waals surface area (Å²) in [4.78, 5) is 0. The van der Waals surface area contributed by atoms with Gasteiger partial charge in [0.15, 0.2) is 0 Å². The quantitative estimate of drug-likeness (QED) is 0.577. The van der Waals surface area contributed by atoms with E-state index in [2.05, 4.69) is 20.8 Å². The normalized spacial score (nSPS) is 30.5. The van der Waals surface area contributed by atoms with Crippen LogP contribution in [0.5, 0.6) is 0 Å². The molecule has 0 aromatic carbocycles. The molecule has 0 radical (unpaired) electrons. The van der Waals surface area contributed by atoms with Gasteiger partial charge in [0.25, 0.3) is 0 Å². The van der Waals surface area contributed by atoms with Crippen molar-refractivity contribution in [3.8, 4) is 0 Å². The summed E-state index contributed by atoms with van der Waals surface area (Å²) in [5.74, 6) is 3.04. The number of hydrogen-bond acceptors (Lipinski definition) is 0. The third kappa shape index (κ3) is 2.84. The van der Waals surface area contributed by atoms with Crippen molar-refractivity contribution in [2.75, 3.05) is 0 Å². The smallest absolute Gasteiger partial charge is 0.0388 e. The van der Waals surface area contributed by atoms with E-state index in [9.17, 15) is 0 Å². The van der Waals surface area contributed by atoms with E-state index < -0.39 is 0 Å². The summed E-state index contributed by atoms with van der Waals surface area (Å²) in [5.41, 5.74) is 0. The van der Waals surface area contributed by atoms with E-state index in [1.165, 1.54) is 32.1 Å². The van der Waals surface area contributed by atoms with Gasteiger partial charge in [0, 0.05) is 0 Å². The third-order valence-corrected chi connectivity index (χ3v) is 3.15. The van der Waals surface area contributed by atoms with Crippen LogP contribution >= 0.6 is 0 Å². The molecular formula is C11H22. The molecule has 0 bridgehead atoms. The van der Waals surface area contributed by atoms with Gasteiger partial charge in [0.1, 0.15) is 0 Å². The molecule has 66 valence electrons. The number of rotatable bonds is 4. The molecule has 0 N–H and O–H groups in total. The largest absolute Gasteiger partial charge is 0.0628 e. The minimum Gasteiger partial charge on any atom is -0.0628 e. The van der Waals surface area contributed by atoms with Gasteiger partial charge in [-0.1, -0.05) is 46.5 Å². The van der Waals surface area contributed by atoms with Crippen LogP contribution in [0.15, 0.2) is 0 Å². The highest BCUT2D eigenvalue weighted by Gasteiger charge is 2.25. The molecule has 2 atom stereocenters. The zero-order valence-corrected chi connectivity index (χ0v) is 8.27. The fourth-order valence-corrected chi connectivity index (χ4v) is 1.95. The van der Waals surface area contributed by atoms with E-state index in [0.29, 0.717) is 0 Å². The second-order valence-corrected chi connectivity index (χ2v) is 4.64. The van der Waals surface area contributed by atoms with Crippen LogP contribution in [0.1, 0.15) is 52.9 Å². The third-order valence-electron chi connectivity index (χ3n) is 3.15. The van der Waals surface area contributed by atoms with E-state index in [-0.39, 0.29) is 0 Å². The van der Waals surface area contributed by atoms with Crippen LogP contribution in [0, 0.1) is 17.8 Å². The van der Waals surface area contributed by atoms with Crippen molar-refractivity contribution >= 4 is 0 Å². The van der Waals surface area contributed by atoms with Gasteiger partial charge in [-0.2, -0.15) is 0 Å². The standard InChI is InChI=1S/C11H22/c1-9(2)5-4-6-11-8-7-10(11)3/h9-11H,4-8H2,1-3H3. The van der Waals surface area contributed by atoms with Crippen molar-refractivity contribution < 1.29 is 0 Å². The topological polar surface area (TPSA) is 0 Å². The monoisotopic (exact) mass is 154 g/mol. The van der Waals surface area contributed by atoms with Gasteiger partial charge in [0.05, 0.1) is 0 Å². The highest BCUT2D eigenvalue weighted by Crippen LogP contribution is 2.37. The highest BCUT2D eigenvalue weighted by atomic mass is 14.3. The fourth-order valence-electron chi connectivity index (χ4n) is 1.95. The Balaban J connectivity index is 1.95. The summed E-state index contributed by atoms with van der Waals surface area (Å²) in [6.45, 7) is 7.05. The Morgan fingerprint density at radius 1 is 1.27 bits per heavy atom. The lowest BCUT2D eigenvalue weighted by molar-refractivity contribution is 0.177. The van der Waals surface area contributed by atoms with Crippen LogP contribution in [-0.2, 0) is 0 Å². The van der Waals surface area contributed by atoms with Crippen molar-refractivity contribution in [1.29, 1.82) is 0 Å². The molecule has 1 fully saturated rings. The zero-order valence-electron chi connectivity index (χ0n) is 8.27. The van der Waals surface area contributed by atoms with Gasteiger partial charge >= 0.3 is 0 Å². The first-order chi connectivity index (χ1) is 5.20. The van der Waals surface area contributed by atoms with Crippen molar-refractivity contribution in [3.05, 3.63) is 0 Å². The maximum Gasteiger partial charge on any atom is -0.0388 e. The average molecular weight is 154 g/mol. The van der Waals surface area contributed by atoms with Gasteiger partial charge in [-0.15, -0.1) is 0 Å². The number of hydrogen-bond donors (Lipinski definition) is 0. The highest BCUT2D eigenvalue weighted by molar-refractivity contribution is 4.76. The predicted molar refractivity (Wildman–Crippen MR) is 50.6 cm³/mol. The first-order valence-corrected chi connectivity index (χ1v) is 5.20. The Labute approximate surface area is 71.4 Å². The van der Waals surface area contributed by atoms with E-state index in [0.717, 1.165) is 17.8 Å². The molecule has 0 heteroatoms. The lowest BCUT2D eigenvalue weighted by atomic mass is 9.72. The summed E-state index contributed by atoms with van der Waals surface area (Å²) < 4.78 is 0. The van der Waals surface area contributed by atoms with Crippen LogP contribution in [0.2, 0.25) is 0 Å². The van der Waals surface area contributed by atoms with Crippen LogP contribution in [0.25, 0.3) is 0 Å². The van der Waals surface area contributed by atoms with E-state index in [4.69, 9.17) is 0 Å². The van der Waals surface area contributed by atoms with E-state index in [1.807, 2.05) is 0 Å². The average Bonchev–Trinajstić information content (AvgIpc) is 1.94. The summed E-state index contributed by atoms with van der Waals surface area (Å²) >= 11 is 0. The van der Waals surface area contributed by atoms with Gasteiger partial charge in [0.2, 0.25) is 0 Å². The van der Waals surface area contributed by atoms with Crippen LogP contribution in [0.4, 0.5) is 0 Å². The first kappa shape index (κ1) is 9.09. The SMILES string of the molecule is CC(C)CCCC1CCC1C. The van der Waals surface area contributed by atoms with Crippen molar-refractivity contribution in [3.63, 3.8) is 0 Å². The molecule has 0 spiro atoms.